The second-order valence-corrected chi connectivity index (χ2v) is 10.7. The van der Waals surface area contributed by atoms with Crippen LogP contribution in [0.4, 0.5) is 9.59 Å². The van der Waals surface area contributed by atoms with Gasteiger partial charge < -0.3 is 36.0 Å². The normalized spacial score (nSPS) is 12.4. The molecule has 0 aliphatic rings. The molecule has 2 atom stereocenters. The van der Waals surface area contributed by atoms with Crippen LogP contribution in [0.3, 0.4) is 0 Å². The van der Waals surface area contributed by atoms with E-state index < -0.39 is 17.8 Å². The summed E-state index contributed by atoms with van der Waals surface area (Å²) in [5, 5.41) is 9.22. The molecular formula is C28H49ClN4O5. The summed E-state index contributed by atoms with van der Waals surface area (Å²) in [5.74, 6) is 0.617. The standard InChI is InChI=1S/C20H32ClN3O4.C8H17NO/c1-20(2,3)28-19(26)24-16(13-22-4)10-7-8-12-23-18(25)27-14-15-9-5-6-11-17(15)21;1-8(7-9)5-3-2-4-6-10/h5-6,9,11,16,22H,7-8,10,12-14H2,1-4H3,(H,23,25)(H,24,26);6,8H,2-5,7,9H2,1H3. The van der Waals surface area contributed by atoms with Crippen LogP contribution in [-0.2, 0) is 20.9 Å². The highest BCUT2D eigenvalue weighted by Crippen LogP contribution is 2.15. The minimum Gasteiger partial charge on any atom is -0.445 e. The number of unbranched alkanes of at least 4 members (excludes halogenated alkanes) is 3. The van der Waals surface area contributed by atoms with Crippen LogP contribution in [0.15, 0.2) is 24.3 Å². The average molecular weight is 557 g/mol. The molecule has 1 aromatic rings. The number of nitrogens with two attached hydrogens (primary N) is 1. The molecular weight excluding hydrogens is 508 g/mol. The second-order valence-electron chi connectivity index (χ2n) is 10.3. The fourth-order valence-corrected chi connectivity index (χ4v) is 3.49. The maximum absolute atomic E-state index is 11.9. The Morgan fingerprint density at radius 2 is 1.76 bits per heavy atom. The first-order valence-corrected chi connectivity index (χ1v) is 13.8. The number of hydrogen-bond acceptors (Lipinski definition) is 7. The molecule has 0 heterocycles. The Kier molecular flexibility index (Phi) is 20.2. The lowest BCUT2D eigenvalue weighted by Gasteiger charge is -2.23. The fourth-order valence-electron chi connectivity index (χ4n) is 3.30. The van der Waals surface area contributed by atoms with Crippen LogP contribution in [0.2, 0.25) is 5.02 Å². The van der Waals surface area contributed by atoms with Gasteiger partial charge in [0, 0.05) is 36.1 Å². The minimum absolute atomic E-state index is 0.0352. The van der Waals surface area contributed by atoms with Gasteiger partial charge in [-0.1, -0.05) is 43.1 Å². The molecule has 10 heteroatoms. The molecule has 218 valence electrons. The maximum Gasteiger partial charge on any atom is 0.407 e. The van der Waals surface area contributed by atoms with E-state index in [1.807, 2.05) is 46.0 Å². The van der Waals surface area contributed by atoms with Crippen molar-refractivity contribution in [1.82, 2.24) is 16.0 Å². The van der Waals surface area contributed by atoms with Gasteiger partial charge in [0.2, 0.25) is 0 Å². The van der Waals surface area contributed by atoms with Crippen LogP contribution in [0.25, 0.3) is 0 Å². The van der Waals surface area contributed by atoms with Gasteiger partial charge in [0.05, 0.1) is 0 Å². The van der Waals surface area contributed by atoms with Gasteiger partial charge in [-0.05, 0) is 78.5 Å². The summed E-state index contributed by atoms with van der Waals surface area (Å²) in [6.07, 6.45) is 6.49. The van der Waals surface area contributed by atoms with Gasteiger partial charge in [-0.3, -0.25) is 0 Å². The number of hydrogen-bond donors (Lipinski definition) is 4. The number of halogens is 1. The lowest BCUT2D eigenvalue weighted by Crippen LogP contribution is -2.43. The van der Waals surface area contributed by atoms with Gasteiger partial charge in [0.15, 0.2) is 0 Å². The van der Waals surface area contributed by atoms with Crippen LogP contribution in [-0.4, -0.2) is 56.8 Å². The highest BCUT2D eigenvalue weighted by molar-refractivity contribution is 6.31. The number of carbonyl (C=O) groups is 3. The monoisotopic (exact) mass is 556 g/mol. The summed E-state index contributed by atoms with van der Waals surface area (Å²) in [6.45, 7) is 9.67. The highest BCUT2D eigenvalue weighted by Gasteiger charge is 2.19. The Bertz CT molecular complexity index is 789. The number of benzene rings is 1. The lowest BCUT2D eigenvalue weighted by atomic mass is 10.0. The predicted octanol–water partition coefficient (Wildman–Crippen LogP) is 5.19. The van der Waals surface area contributed by atoms with Crippen molar-refractivity contribution in [3.63, 3.8) is 0 Å². The third kappa shape index (κ3) is 20.7. The van der Waals surface area contributed by atoms with Gasteiger partial charge in [0.1, 0.15) is 18.5 Å². The molecule has 0 spiro atoms. The summed E-state index contributed by atoms with van der Waals surface area (Å²) in [6, 6.07) is 7.20. The molecule has 2 unspecified atom stereocenters. The highest BCUT2D eigenvalue weighted by atomic mass is 35.5. The molecule has 1 rings (SSSR count). The zero-order valence-electron chi connectivity index (χ0n) is 23.8. The molecule has 0 fully saturated rings. The molecule has 38 heavy (non-hydrogen) atoms. The predicted molar refractivity (Wildman–Crippen MR) is 153 cm³/mol. The number of ether oxygens (including phenoxy) is 2. The Balaban J connectivity index is 0.00000115. The van der Waals surface area contributed by atoms with E-state index in [1.54, 1.807) is 6.07 Å². The van der Waals surface area contributed by atoms with Crippen LogP contribution >= 0.6 is 11.6 Å². The number of carbonyl (C=O) groups excluding carboxylic acids is 3. The molecule has 2 amide bonds. The van der Waals surface area contributed by atoms with Crippen molar-refractivity contribution in [3.8, 4) is 0 Å². The lowest BCUT2D eigenvalue weighted by molar-refractivity contribution is -0.107. The zero-order chi connectivity index (χ0) is 28.8. The van der Waals surface area contributed by atoms with Crippen molar-refractivity contribution in [1.29, 1.82) is 0 Å². The average Bonchev–Trinajstić information content (AvgIpc) is 2.85. The van der Waals surface area contributed by atoms with Crippen molar-refractivity contribution >= 4 is 30.1 Å². The molecule has 0 radical (unpaired) electrons. The Hall–Kier alpha value is -2.36. The van der Waals surface area contributed by atoms with Crippen LogP contribution < -0.4 is 21.7 Å². The quantitative estimate of drug-likeness (QED) is 0.163. The molecule has 0 saturated carbocycles. The van der Waals surface area contributed by atoms with E-state index in [4.69, 9.17) is 26.8 Å². The topological polar surface area (TPSA) is 132 Å². The number of amides is 2. The molecule has 0 aliphatic carbocycles. The SMILES string of the molecule is CC(CN)CCCCC=O.CNCC(CCCCNC(=O)OCc1ccccc1Cl)NC(=O)OC(C)(C)C. The van der Waals surface area contributed by atoms with Gasteiger partial charge in [-0.25, -0.2) is 9.59 Å². The van der Waals surface area contributed by atoms with Crippen molar-refractivity contribution < 1.29 is 23.9 Å². The van der Waals surface area contributed by atoms with Crippen LogP contribution in [0, 0.1) is 5.92 Å². The second kappa shape index (κ2) is 21.6. The zero-order valence-corrected chi connectivity index (χ0v) is 24.6. The molecule has 0 saturated heterocycles. The van der Waals surface area contributed by atoms with E-state index in [0.29, 0.717) is 30.5 Å². The van der Waals surface area contributed by atoms with E-state index in [-0.39, 0.29) is 12.6 Å². The molecule has 1 aromatic carbocycles. The number of nitrogens with one attached hydrogen (secondary N) is 3. The van der Waals surface area contributed by atoms with Gasteiger partial charge in [-0.15, -0.1) is 0 Å². The van der Waals surface area contributed by atoms with Gasteiger partial charge in [-0.2, -0.15) is 0 Å². The molecule has 0 aliphatic heterocycles. The first kappa shape index (κ1) is 35.6. The summed E-state index contributed by atoms with van der Waals surface area (Å²) < 4.78 is 10.4. The van der Waals surface area contributed by atoms with Crippen molar-refractivity contribution in [2.45, 2.75) is 90.9 Å². The maximum atomic E-state index is 11.9. The van der Waals surface area contributed by atoms with E-state index in [9.17, 15) is 14.4 Å². The van der Waals surface area contributed by atoms with E-state index >= 15 is 0 Å². The largest absolute Gasteiger partial charge is 0.445 e. The van der Waals surface area contributed by atoms with E-state index in [0.717, 1.165) is 56.9 Å². The smallest absolute Gasteiger partial charge is 0.407 e. The van der Waals surface area contributed by atoms with Gasteiger partial charge in [0.25, 0.3) is 0 Å². The minimum atomic E-state index is -0.525. The summed E-state index contributed by atoms with van der Waals surface area (Å²) in [4.78, 5) is 33.5. The van der Waals surface area contributed by atoms with Crippen LogP contribution in [0.5, 0.6) is 0 Å². The Labute approximate surface area is 233 Å². The first-order chi connectivity index (χ1) is 18.0. The van der Waals surface area contributed by atoms with Crippen molar-refractivity contribution in [2.24, 2.45) is 11.7 Å². The summed E-state index contributed by atoms with van der Waals surface area (Å²) in [5.41, 5.74) is 5.66. The Morgan fingerprint density at radius 1 is 1.08 bits per heavy atom. The summed E-state index contributed by atoms with van der Waals surface area (Å²) >= 11 is 6.02. The van der Waals surface area contributed by atoms with Crippen molar-refractivity contribution in [2.75, 3.05) is 26.7 Å². The number of rotatable bonds is 16. The molecule has 9 nitrogen and oxygen atoms in total. The molecule has 0 bridgehead atoms. The number of alkyl carbamates (subject to hydrolysis) is 2. The van der Waals surface area contributed by atoms with Gasteiger partial charge >= 0.3 is 12.2 Å². The third-order valence-electron chi connectivity index (χ3n) is 5.41. The van der Waals surface area contributed by atoms with Crippen molar-refractivity contribution in [3.05, 3.63) is 34.9 Å². The first-order valence-electron chi connectivity index (χ1n) is 13.4. The van der Waals surface area contributed by atoms with E-state index in [2.05, 4.69) is 22.9 Å². The Morgan fingerprint density at radius 3 is 2.37 bits per heavy atom. The fraction of sp³-hybridized carbons (Fsp3) is 0.679. The molecule has 5 N–H and O–H groups in total. The van der Waals surface area contributed by atoms with Crippen LogP contribution in [0.1, 0.15) is 78.2 Å². The molecule has 0 aromatic heterocycles. The third-order valence-corrected chi connectivity index (χ3v) is 5.78. The summed E-state index contributed by atoms with van der Waals surface area (Å²) in [7, 11) is 1.83. The number of aldehydes is 1. The number of likely N-dealkylation sites (N-methyl/N-ethyl adjacent to an activating group) is 1. The van der Waals surface area contributed by atoms with E-state index in [1.165, 1.54) is 0 Å².